The maximum atomic E-state index is 11.4. The Balaban J connectivity index is 3.66. The highest BCUT2D eigenvalue weighted by Gasteiger charge is 2.21. The third kappa shape index (κ3) is 12.1. The zero-order chi connectivity index (χ0) is 13.4. The zero-order valence-electron chi connectivity index (χ0n) is 11.1. The van der Waals surface area contributed by atoms with E-state index >= 15 is 0 Å². The minimum Gasteiger partial charge on any atom is -0.329 e. The van der Waals surface area contributed by atoms with Gasteiger partial charge in [0.2, 0.25) is 0 Å². The van der Waals surface area contributed by atoms with Crippen molar-refractivity contribution in [1.82, 2.24) is 0 Å². The minimum absolute atomic E-state index is 0.212. The van der Waals surface area contributed by atoms with Gasteiger partial charge in [-0.2, -0.15) is 0 Å². The van der Waals surface area contributed by atoms with Gasteiger partial charge in [0.05, 0.1) is 27.7 Å². The molecule has 17 heavy (non-hydrogen) atoms. The molecule has 0 bridgehead atoms. The number of quaternary nitrogens is 1. The van der Waals surface area contributed by atoms with Gasteiger partial charge in [0.25, 0.3) is 0 Å². The van der Waals surface area contributed by atoms with E-state index in [9.17, 15) is 9.46 Å². The minimum atomic E-state index is -3.86. The Kier molecular flexibility index (Phi) is 7.92. The predicted molar refractivity (Wildman–Crippen MR) is 68.7 cm³/mol. The molecule has 0 amide bonds. The van der Waals surface area contributed by atoms with E-state index in [1.807, 2.05) is 27.2 Å². The molecule has 102 valence electrons. The molecule has 0 aliphatic carbocycles. The van der Waals surface area contributed by atoms with Crippen LogP contribution in [0.25, 0.3) is 0 Å². The molecule has 0 saturated heterocycles. The van der Waals surface area contributed by atoms with Crippen LogP contribution in [0.15, 0.2) is 12.7 Å². The Morgan fingerprint density at radius 3 is 2.35 bits per heavy atom. The fourth-order valence-corrected chi connectivity index (χ4v) is 1.78. The Morgan fingerprint density at radius 1 is 1.24 bits per heavy atom. The number of phosphoric acid groups is 1. The molecule has 0 radical (unpaired) electrons. The highest BCUT2D eigenvalue weighted by atomic mass is 31.2. The van der Waals surface area contributed by atoms with Gasteiger partial charge < -0.3 is 9.38 Å². The first-order valence-corrected chi connectivity index (χ1v) is 7.29. The van der Waals surface area contributed by atoms with E-state index in [0.29, 0.717) is 11.0 Å². The molecule has 6 heteroatoms. The van der Waals surface area contributed by atoms with Crippen molar-refractivity contribution in [3.63, 3.8) is 0 Å². The van der Waals surface area contributed by atoms with Gasteiger partial charge in [-0.1, -0.05) is 6.08 Å². The van der Waals surface area contributed by atoms with Crippen LogP contribution in [0.3, 0.4) is 0 Å². The summed E-state index contributed by atoms with van der Waals surface area (Å²) in [5.74, 6) is 0. The van der Waals surface area contributed by atoms with Gasteiger partial charge in [0.1, 0.15) is 13.2 Å². The molecule has 1 unspecified atom stereocenters. The lowest BCUT2D eigenvalue weighted by atomic mass is 10.2. The van der Waals surface area contributed by atoms with Gasteiger partial charge in [-0.25, -0.2) is 4.57 Å². The molecule has 0 aromatic rings. The van der Waals surface area contributed by atoms with Crippen molar-refractivity contribution < 1.29 is 23.0 Å². The number of allylic oxidation sites excluding steroid dienone is 1. The van der Waals surface area contributed by atoms with Crippen LogP contribution in [0.4, 0.5) is 0 Å². The van der Waals surface area contributed by atoms with Crippen LogP contribution in [0.1, 0.15) is 19.3 Å². The van der Waals surface area contributed by atoms with Crippen molar-refractivity contribution in [2.75, 3.05) is 40.9 Å². The normalized spacial score (nSPS) is 15.5. The number of phosphoric ester groups is 1. The first kappa shape index (κ1) is 16.8. The Bertz CT molecular complexity index is 263. The fourth-order valence-electron chi connectivity index (χ4n) is 1.04. The van der Waals surface area contributed by atoms with Crippen LogP contribution in [0.2, 0.25) is 0 Å². The molecule has 0 heterocycles. The molecule has 1 atom stereocenters. The molecular formula is C11H25NO4P+. The Hall–Kier alpha value is -0.190. The predicted octanol–water partition coefficient (Wildman–Crippen LogP) is 2.18. The maximum absolute atomic E-state index is 11.4. The summed E-state index contributed by atoms with van der Waals surface area (Å²) in [4.78, 5) is 9.35. The van der Waals surface area contributed by atoms with Gasteiger partial charge in [-0.3, -0.25) is 9.05 Å². The summed E-state index contributed by atoms with van der Waals surface area (Å²) in [6, 6.07) is 0. The van der Waals surface area contributed by atoms with Crippen LogP contribution >= 0.6 is 7.82 Å². The van der Waals surface area contributed by atoms with Gasteiger partial charge in [0, 0.05) is 0 Å². The number of hydrogen-bond acceptors (Lipinski definition) is 3. The van der Waals surface area contributed by atoms with Crippen LogP contribution in [0, 0.1) is 0 Å². The summed E-state index contributed by atoms with van der Waals surface area (Å²) < 4.78 is 21.8. The molecule has 0 saturated carbocycles. The molecular weight excluding hydrogens is 241 g/mol. The van der Waals surface area contributed by atoms with Crippen molar-refractivity contribution in [3.8, 4) is 0 Å². The van der Waals surface area contributed by atoms with Crippen molar-refractivity contribution in [1.29, 1.82) is 0 Å². The van der Waals surface area contributed by atoms with E-state index in [2.05, 4.69) is 6.58 Å². The lowest BCUT2D eigenvalue weighted by molar-refractivity contribution is -0.870. The van der Waals surface area contributed by atoms with Crippen LogP contribution in [-0.4, -0.2) is 50.3 Å². The lowest BCUT2D eigenvalue weighted by Gasteiger charge is -2.24. The summed E-state index contributed by atoms with van der Waals surface area (Å²) in [6.07, 6.45) is 4.34. The average Bonchev–Trinajstić information content (AvgIpc) is 2.14. The van der Waals surface area contributed by atoms with Gasteiger partial charge >= 0.3 is 7.82 Å². The molecule has 5 nitrogen and oxygen atoms in total. The second-order valence-corrected chi connectivity index (χ2v) is 6.39. The van der Waals surface area contributed by atoms with E-state index in [4.69, 9.17) is 9.05 Å². The smallest absolute Gasteiger partial charge is 0.329 e. The summed E-state index contributed by atoms with van der Waals surface area (Å²) in [5.41, 5.74) is 0. The highest BCUT2D eigenvalue weighted by Crippen LogP contribution is 2.43. The molecule has 0 aliphatic heterocycles. The fraction of sp³-hybridized carbons (Fsp3) is 0.818. The van der Waals surface area contributed by atoms with E-state index < -0.39 is 7.82 Å². The van der Waals surface area contributed by atoms with E-state index in [1.165, 1.54) is 0 Å². The third-order valence-electron chi connectivity index (χ3n) is 2.07. The number of rotatable bonds is 10. The maximum Gasteiger partial charge on any atom is 0.472 e. The van der Waals surface area contributed by atoms with Gasteiger partial charge in [-0.05, 0) is 19.3 Å². The molecule has 1 N–H and O–H groups in total. The van der Waals surface area contributed by atoms with Crippen LogP contribution in [0.5, 0.6) is 0 Å². The van der Waals surface area contributed by atoms with E-state index in [1.54, 1.807) is 0 Å². The van der Waals surface area contributed by atoms with Crippen molar-refractivity contribution in [2.24, 2.45) is 0 Å². The average molecular weight is 266 g/mol. The quantitative estimate of drug-likeness (QED) is 0.285. The summed E-state index contributed by atoms with van der Waals surface area (Å²) in [6.45, 7) is 4.71. The Morgan fingerprint density at radius 2 is 1.82 bits per heavy atom. The van der Waals surface area contributed by atoms with Crippen molar-refractivity contribution >= 4 is 7.82 Å². The van der Waals surface area contributed by atoms with E-state index in [-0.39, 0.29) is 13.2 Å². The number of unbranched alkanes of at least 4 members (excludes halogenated alkanes) is 2. The van der Waals surface area contributed by atoms with Crippen molar-refractivity contribution in [3.05, 3.63) is 12.7 Å². The molecule has 0 aromatic heterocycles. The summed E-state index contributed by atoms with van der Waals surface area (Å²) in [5, 5.41) is 0. The molecule has 0 spiro atoms. The standard InChI is InChI=1S/C11H24NO4P/c1-5-6-7-8-10-15-17(13,14)16-11-9-12(2,3)4/h5H,1,6-11H2,2-4H3/p+1. The first-order valence-electron chi connectivity index (χ1n) is 5.80. The number of nitrogens with zero attached hydrogens (tertiary/aromatic N) is 1. The topological polar surface area (TPSA) is 55.8 Å². The highest BCUT2D eigenvalue weighted by molar-refractivity contribution is 7.47. The van der Waals surface area contributed by atoms with Crippen molar-refractivity contribution in [2.45, 2.75) is 19.3 Å². The number of hydrogen-bond donors (Lipinski definition) is 1. The first-order chi connectivity index (χ1) is 7.77. The zero-order valence-corrected chi connectivity index (χ0v) is 12.0. The van der Waals surface area contributed by atoms with Crippen LogP contribution < -0.4 is 0 Å². The molecule has 0 aromatic carbocycles. The van der Waals surface area contributed by atoms with E-state index in [0.717, 1.165) is 19.3 Å². The number of likely N-dealkylation sites (N-methyl/N-ethyl adjacent to an activating group) is 1. The van der Waals surface area contributed by atoms with Gasteiger partial charge in [-0.15, -0.1) is 6.58 Å². The summed E-state index contributed by atoms with van der Waals surface area (Å²) >= 11 is 0. The van der Waals surface area contributed by atoms with Gasteiger partial charge in [0.15, 0.2) is 0 Å². The molecule has 0 aliphatic rings. The second kappa shape index (κ2) is 8.01. The Labute approximate surface area is 104 Å². The monoisotopic (exact) mass is 266 g/mol. The summed E-state index contributed by atoms with van der Waals surface area (Å²) in [7, 11) is 2.10. The third-order valence-corrected chi connectivity index (χ3v) is 3.09. The van der Waals surface area contributed by atoms with Crippen LogP contribution in [-0.2, 0) is 13.6 Å². The molecule has 0 rings (SSSR count). The largest absolute Gasteiger partial charge is 0.472 e. The lowest BCUT2D eigenvalue weighted by Crippen LogP contribution is -2.37. The molecule has 0 fully saturated rings. The second-order valence-electron chi connectivity index (χ2n) is 4.93. The SMILES string of the molecule is C=CCCCCOP(=O)(O)OCC[N+](C)(C)C.